The zero-order valence-electron chi connectivity index (χ0n) is 16.0. The highest BCUT2D eigenvalue weighted by molar-refractivity contribution is 6.30. The van der Waals surface area contributed by atoms with Gasteiger partial charge in [-0.2, -0.15) is 0 Å². The van der Waals surface area contributed by atoms with Gasteiger partial charge < -0.3 is 10.2 Å². The van der Waals surface area contributed by atoms with Gasteiger partial charge in [0.1, 0.15) is 17.3 Å². The zero-order chi connectivity index (χ0) is 19.9. The second kappa shape index (κ2) is 9.33. The van der Waals surface area contributed by atoms with Crippen molar-refractivity contribution in [2.24, 2.45) is 0 Å². The first-order chi connectivity index (χ1) is 13.6. The Morgan fingerprint density at radius 2 is 1.86 bits per heavy atom. The van der Waals surface area contributed by atoms with Crippen LogP contribution in [0.25, 0.3) is 0 Å². The number of aromatic nitrogens is 2. The van der Waals surface area contributed by atoms with Gasteiger partial charge in [0.2, 0.25) is 0 Å². The molecule has 0 aliphatic carbocycles. The van der Waals surface area contributed by atoms with Gasteiger partial charge in [0.15, 0.2) is 0 Å². The maximum absolute atomic E-state index is 13.0. The summed E-state index contributed by atoms with van der Waals surface area (Å²) in [6, 6.07) is 19.1. The van der Waals surface area contributed by atoms with E-state index in [1.54, 1.807) is 17.9 Å². The minimum Gasteiger partial charge on any atom is -0.370 e. The Labute approximate surface area is 170 Å². The van der Waals surface area contributed by atoms with Gasteiger partial charge in [-0.3, -0.25) is 4.79 Å². The summed E-state index contributed by atoms with van der Waals surface area (Å²) in [4.78, 5) is 23.5. The van der Waals surface area contributed by atoms with Crippen LogP contribution in [0.1, 0.15) is 28.8 Å². The molecular weight excluding hydrogens is 372 g/mol. The van der Waals surface area contributed by atoms with Gasteiger partial charge in [0, 0.05) is 29.9 Å². The Balaban J connectivity index is 1.72. The number of carbonyl (C=O) groups excluding carboxylic acids is 1. The quantitative estimate of drug-likeness (QED) is 0.627. The molecule has 0 saturated carbocycles. The average Bonchev–Trinajstić information content (AvgIpc) is 2.69. The molecule has 28 heavy (non-hydrogen) atoms. The number of nitrogens with zero attached hydrogens (tertiary/aromatic N) is 3. The first-order valence-electron chi connectivity index (χ1n) is 9.27. The number of aryl methyl sites for hydroxylation is 1. The van der Waals surface area contributed by atoms with Crippen LogP contribution in [0.5, 0.6) is 0 Å². The fourth-order valence-electron chi connectivity index (χ4n) is 2.98. The average molecular weight is 395 g/mol. The van der Waals surface area contributed by atoms with Crippen LogP contribution in [-0.4, -0.2) is 29.0 Å². The van der Waals surface area contributed by atoms with Crippen molar-refractivity contribution in [3.8, 4) is 0 Å². The number of rotatable bonds is 7. The van der Waals surface area contributed by atoms with Crippen molar-refractivity contribution in [3.05, 3.63) is 82.8 Å². The third-order valence-electron chi connectivity index (χ3n) is 4.30. The Morgan fingerprint density at radius 1 is 1.07 bits per heavy atom. The van der Waals surface area contributed by atoms with E-state index in [0.717, 1.165) is 22.7 Å². The number of carbonyl (C=O) groups is 1. The summed E-state index contributed by atoms with van der Waals surface area (Å²) in [5.74, 6) is 1.05. The number of amides is 1. The number of para-hydroxylation sites is 1. The summed E-state index contributed by atoms with van der Waals surface area (Å²) < 4.78 is 0. The van der Waals surface area contributed by atoms with Crippen molar-refractivity contribution < 1.29 is 4.79 Å². The second-order valence-electron chi connectivity index (χ2n) is 6.38. The molecule has 1 aromatic heterocycles. The topological polar surface area (TPSA) is 58.1 Å². The molecule has 0 saturated heterocycles. The van der Waals surface area contributed by atoms with E-state index < -0.39 is 0 Å². The van der Waals surface area contributed by atoms with Crippen molar-refractivity contribution in [1.82, 2.24) is 9.97 Å². The van der Waals surface area contributed by atoms with Crippen molar-refractivity contribution in [2.75, 3.05) is 23.3 Å². The van der Waals surface area contributed by atoms with Gasteiger partial charge in [-0.25, -0.2) is 9.97 Å². The summed E-state index contributed by atoms with van der Waals surface area (Å²) in [7, 11) is 0. The van der Waals surface area contributed by atoms with Crippen LogP contribution in [-0.2, 0) is 6.42 Å². The van der Waals surface area contributed by atoms with Gasteiger partial charge in [-0.1, -0.05) is 41.9 Å². The molecule has 0 fully saturated rings. The molecule has 0 unspecified atom stereocenters. The van der Waals surface area contributed by atoms with Crippen LogP contribution in [0.2, 0.25) is 5.02 Å². The smallest absolute Gasteiger partial charge is 0.277 e. The van der Waals surface area contributed by atoms with E-state index in [9.17, 15) is 4.79 Å². The Kier molecular flexibility index (Phi) is 6.61. The van der Waals surface area contributed by atoms with Crippen LogP contribution in [0.3, 0.4) is 0 Å². The van der Waals surface area contributed by atoms with Crippen molar-refractivity contribution >= 4 is 29.0 Å². The number of halogens is 1. The molecule has 1 N–H and O–H groups in total. The monoisotopic (exact) mass is 394 g/mol. The number of nitrogens with one attached hydrogen (secondary N) is 1. The molecule has 5 nitrogen and oxygen atoms in total. The van der Waals surface area contributed by atoms with Crippen LogP contribution in [0.4, 0.5) is 11.5 Å². The summed E-state index contributed by atoms with van der Waals surface area (Å²) in [6.45, 7) is 4.98. The van der Waals surface area contributed by atoms with Crippen LogP contribution in [0.15, 0.2) is 60.7 Å². The molecule has 6 heteroatoms. The summed E-state index contributed by atoms with van der Waals surface area (Å²) in [6.07, 6.45) is 0.804. The lowest BCUT2D eigenvalue weighted by Crippen LogP contribution is -2.31. The minimum absolute atomic E-state index is 0.142. The van der Waals surface area contributed by atoms with Crippen molar-refractivity contribution in [2.45, 2.75) is 20.3 Å². The molecule has 0 radical (unpaired) electrons. The molecule has 0 bridgehead atoms. The highest BCUT2D eigenvalue weighted by Gasteiger charge is 2.18. The molecule has 0 aliphatic heterocycles. The van der Waals surface area contributed by atoms with Crippen LogP contribution >= 0.6 is 11.6 Å². The highest BCUT2D eigenvalue weighted by Crippen LogP contribution is 2.17. The summed E-state index contributed by atoms with van der Waals surface area (Å²) in [5.41, 5.74) is 2.37. The predicted octanol–water partition coefficient (Wildman–Crippen LogP) is 4.76. The fraction of sp³-hybridized carbons (Fsp3) is 0.227. The highest BCUT2D eigenvalue weighted by atomic mass is 35.5. The Bertz CT molecular complexity index is 946. The van der Waals surface area contributed by atoms with Crippen molar-refractivity contribution in [3.63, 3.8) is 0 Å². The second-order valence-corrected chi connectivity index (χ2v) is 6.81. The number of benzene rings is 2. The summed E-state index contributed by atoms with van der Waals surface area (Å²) >= 11 is 6.03. The van der Waals surface area contributed by atoms with Gasteiger partial charge in [-0.15, -0.1) is 0 Å². The fourth-order valence-corrected chi connectivity index (χ4v) is 3.20. The maximum Gasteiger partial charge on any atom is 0.277 e. The number of hydrogen-bond acceptors (Lipinski definition) is 4. The standard InChI is InChI=1S/C22H23ClN4O/c1-3-27(19-10-5-4-6-11-19)22(28)20-15-21(26-16(2)25-20)24-13-12-17-8-7-9-18(23)14-17/h4-11,14-15H,3,12-13H2,1-2H3,(H,24,25,26). The SMILES string of the molecule is CCN(C(=O)c1cc(NCCc2cccc(Cl)c2)nc(C)n1)c1ccccc1. The van der Waals surface area contributed by atoms with E-state index >= 15 is 0 Å². The zero-order valence-corrected chi connectivity index (χ0v) is 16.8. The molecule has 0 atom stereocenters. The molecule has 2 aromatic carbocycles. The normalized spacial score (nSPS) is 10.5. The third kappa shape index (κ3) is 5.08. The molecule has 144 valence electrons. The van der Waals surface area contributed by atoms with E-state index in [4.69, 9.17) is 11.6 Å². The Hall–Kier alpha value is -2.92. The lowest BCUT2D eigenvalue weighted by molar-refractivity contribution is 0.0983. The van der Waals surface area contributed by atoms with Gasteiger partial charge in [0.05, 0.1) is 0 Å². The van der Waals surface area contributed by atoms with E-state index in [2.05, 4.69) is 15.3 Å². The maximum atomic E-state index is 13.0. The molecule has 1 heterocycles. The molecular formula is C22H23ClN4O. The van der Waals surface area contributed by atoms with Crippen LogP contribution in [0, 0.1) is 6.92 Å². The van der Waals surface area contributed by atoms with E-state index in [0.29, 0.717) is 30.4 Å². The third-order valence-corrected chi connectivity index (χ3v) is 4.53. The summed E-state index contributed by atoms with van der Waals surface area (Å²) in [5, 5.41) is 4.01. The van der Waals surface area contributed by atoms with E-state index in [1.165, 1.54) is 0 Å². The number of hydrogen-bond donors (Lipinski definition) is 1. The Morgan fingerprint density at radius 3 is 2.57 bits per heavy atom. The first-order valence-corrected chi connectivity index (χ1v) is 9.65. The minimum atomic E-state index is -0.142. The number of anilines is 2. The van der Waals surface area contributed by atoms with Crippen molar-refractivity contribution in [1.29, 1.82) is 0 Å². The van der Waals surface area contributed by atoms with Gasteiger partial charge >= 0.3 is 0 Å². The molecule has 3 aromatic rings. The van der Waals surface area contributed by atoms with Crippen LogP contribution < -0.4 is 10.2 Å². The van der Waals surface area contributed by atoms with Gasteiger partial charge in [0.25, 0.3) is 5.91 Å². The lowest BCUT2D eigenvalue weighted by atomic mass is 10.1. The predicted molar refractivity (Wildman–Crippen MR) is 114 cm³/mol. The molecule has 0 spiro atoms. The lowest BCUT2D eigenvalue weighted by Gasteiger charge is -2.21. The van der Waals surface area contributed by atoms with E-state index in [1.807, 2.05) is 61.5 Å². The first kappa shape index (κ1) is 19.8. The largest absolute Gasteiger partial charge is 0.370 e. The molecule has 1 amide bonds. The molecule has 0 aliphatic rings. The van der Waals surface area contributed by atoms with Gasteiger partial charge in [-0.05, 0) is 50.1 Å². The van der Waals surface area contributed by atoms with E-state index in [-0.39, 0.29) is 5.91 Å². The molecule has 3 rings (SSSR count).